The molecule has 0 aromatic carbocycles. The van der Waals surface area contributed by atoms with Crippen LogP contribution in [0, 0.1) is 0 Å². The summed E-state index contributed by atoms with van der Waals surface area (Å²) in [5.41, 5.74) is 0. The maximum atomic E-state index is 5.52. The van der Waals surface area contributed by atoms with E-state index in [9.17, 15) is 0 Å². The van der Waals surface area contributed by atoms with Gasteiger partial charge in [-0.15, -0.1) is 35.3 Å². The molecule has 0 unspecified atom stereocenters. The first-order valence-corrected chi connectivity index (χ1v) is 9.02. The van der Waals surface area contributed by atoms with Gasteiger partial charge in [0.25, 0.3) is 0 Å². The fraction of sp³-hybridized carbons (Fsp3) is 0.500. The molecule has 108 valence electrons. The van der Waals surface area contributed by atoms with Crippen LogP contribution in [0.1, 0.15) is 0 Å². The molecule has 0 aliphatic rings. The molecular formula is C12H21BO3S3. The zero-order valence-corrected chi connectivity index (χ0v) is 13.6. The molecule has 0 bridgehead atoms. The van der Waals surface area contributed by atoms with Gasteiger partial charge in [0.2, 0.25) is 0 Å². The van der Waals surface area contributed by atoms with Crippen molar-refractivity contribution in [3.05, 3.63) is 36.0 Å². The second kappa shape index (κ2) is 16.3. The highest BCUT2D eigenvalue weighted by atomic mass is 32.2. The van der Waals surface area contributed by atoms with Crippen molar-refractivity contribution in [3.63, 3.8) is 0 Å². The van der Waals surface area contributed by atoms with E-state index >= 15 is 0 Å². The van der Waals surface area contributed by atoms with Crippen LogP contribution in [-0.4, -0.2) is 44.4 Å². The summed E-state index contributed by atoms with van der Waals surface area (Å²) < 4.78 is 16.6. The molecule has 0 N–H and O–H groups in total. The Bertz CT molecular complexity index is 204. The summed E-state index contributed by atoms with van der Waals surface area (Å²) in [6, 6.07) is 0. The van der Waals surface area contributed by atoms with Crippen LogP contribution < -0.4 is 0 Å². The van der Waals surface area contributed by atoms with Crippen LogP contribution in [-0.2, 0) is 14.0 Å². The Balaban J connectivity index is 3.74. The number of hydrogen-bond donors (Lipinski definition) is 0. The predicted octanol–water partition coefficient (Wildman–Crippen LogP) is 3.65. The van der Waals surface area contributed by atoms with Gasteiger partial charge < -0.3 is 14.0 Å². The topological polar surface area (TPSA) is 27.7 Å². The van der Waals surface area contributed by atoms with Gasteiger partial charge in [0.15, 0.2) is 0 Å². The summed E-state index contributed by atoms with van der Waals surface area (Å²) in [6.07, 6.45) is 0. The van der Waals surface area contributed by atoms with Crippen LogP contribution in [0.2, 0.25) is 0 Å². The lowest BCUT2D eigenvalue weighted by atomic mass is 10.2. The number of rotatable bonds is 15. The standard InChI is InChI=1S/C12H21BO3S3/c1-4-17-10-7-14-13(15-8-11-18-5-2)16-9-12-19-6-3/h4-6H,1-3,7-12H2. The van der Waals surface area contributed by atoms with E-state index in [0.717, 1.165) is 17.3 Å². The molecule has 7 heteroatoms. The molecule has 0 aromatic rings. The monoisotopic (exact) mass is 320 g/mol. The van der Waals surface area contributed by atoms with Crippen molar-refractivity contribution in [2.45, 2.75) is 0 Å². The molecule has 0 amide bonds. The van der Waals surface area contributed by atoms with E-state index in [1.165, 1.54) is 0 Å². The fourth-order valence-corrected chi connectivity index (χ4v) is 2.05. The average molecular weight is 320 g/mol. The highest BCUT2D eigenvalue weighted by Gasteiger charge is 2.20. The highest BCUT2D eigenvalue weighted by molar-refractivity contribution is 8.02. The van der Waals surface area contributed by atoms with Crippen LogP contribution in [0.15, 0.2) is 36.0 Å². The first kappa shape index (κ1) is 19.2. The third-order valence-corrected chi connectivity index (χ3v) is 3.63. The fourth-order valence-electron chi connectivity index (χ4n) is 0.972. The maximum absolute atomic E-state index is 5.52. The average Bonchev–Trinajstić information content (AvgIpc) is 2.43. The van der Waals surface area contributed by atoms with Gasteiger partial charge in [0.1, 0.15) is 0 Å². The Labute approximate surface area is 129 Å². The second-order valence-electron chi connectivity index (χ2n) is 3.01. The van der Waals surface area contributed by atoms with Crippen molar-refractivity contribution in [2.24, 2.45) is 0 Å². The van der Waals surface area contributed by atoms with Gasteiger partial charge >= 0.3 is 7.32 Å². The maximum Gasteiger partial charge on any atom is 0.639 e. The molecule has 3 nitrogen and oxygen atoms in total. The zero-order chi connectivity index (χ0) is 14.2. The molecule has 0 rings (SSSR count). The minimum Gasteiger partial charge on any atom is -0.385 e. The van der Waals surface area contributed by atoms with Crippen molar-refractivity contribution in [1.82, 2.24) is 0 Å². The van der Waals surface area contributed by atoms with Gasteiger partial charge in [-0.25, -0.2) is 0 Å². The van der Waals surface area contributed by atoms with Crippen molar-refractivity contribution < 1.29 is 14.0 Å². The quantitative estimate of drug-likeness (QED) is 0.338. The summed E-state index contributed by atoms with van der Waals surface area (Å²) in [5, 5.41) is 5.38. The molecule has 0 radical (unpaired) electrons. The third-order valence-electron chi connectivity index (χ3n) is 1.72. The molecule has 0 saturated heterocycles. The smallest absolute Gasteiger partial charge is 0.385 e. The molecule has 0 aliphatic heterocycles. The van der Waals surface area contributed by atoms with Crippen LogP contribution in [0.3, 0.4) is 0 Å². The minimum atomic E-state index is -0.596. The Morgan fingerprint density at radius 1 is 0.684 bits per heavy atom. The van der Waals surface area contributed by atoms with Crippen LogP contribution in [0.25, 0.3) is 0 Å². The van der Waals surface area contributed by atoms with Crippen molar-refractivity contribution in [2.75, 3.05) is 37.1 Å². The van der Waals surface area contributed by atoms with Gasteiger partial charge in [-0.3, -0.25) is 0 Å². The van der Waals surface area contributed by atoms with E-state index < -0.39 is 7.32 Å². The summed E-state index contributed by atoms with van der Waals surface area (Å²) in [6.45, 7) is 12.6. The summed E-state index contributed by atoms with van der Waals surface area (Å²) in [5.74, 6) is 2.53. The lowest BCUT2D eigenvalue weighted by Crippen LogP contribution is -2.30. The van der Waals surface area contributed by atoms with Gasteiger partial charge in [0.05, 0.1) is 0 Å². The molecule has 0 fully saturated rings. The van der Waals surface area contributed by atoms with Crippen LogP contribution >= 0.6 is 35.3 Å². The molecule has 0 atom stereocenters. The zero-order valence-electron chi connectivity index (χ0n) is 11.1. The predicted molar refractivity (Wildman–Crippen MR) is 91.6 cm³/mol. The first-order valence-electron chi connectivity index (χ1n) is 5.87. The SMILES string of the molecule is C=CSCCOB(OCCSC=C)OCCSC=C. The van der Waals surface area contributed by atoms with E-state index in [2.05, 4.69) is 19.7 Å². The third kappa shape index (κ3) is 14.4. The summed E-state index contributed by atoms with van der Waals surface area (Å²) >= 11 is 4.82. The van der Waals surface area contributed by atoms with Crippen LogP contribution in [0.5, 0.6) is 0 Å². The highest BCUT2D eigenvalue weighted by Crippen LogP contribution is 2.05. The van der Waals surface area contributed by atoms with Gasteiger partial charge in [-0.2, -0.15) is 0 Å². The lowest BCUT2D eigenvalue weighted by molar-refractivity contribution is 0.110. The van der Waals surface area contributed by atoms with Crippen LogP contribution in [0.4, 0.5) is 0 Å². The van der Waals surface area contributed by atoms with Gasteiger partial charge in [0, 0.05) is 37.1 Å². The molecule has 0 aromatic heterocycles. The first-order chi connectivity index (χ1) is 9.35. The van der Waals surface area contributed by atoms with Gasteiger partial charge in [-0.05, 0) is 16.2 Å². The second-order valence-corrected chi connectivity index (χ2v) is 6.24. The van der Waals surface area contributed by atoms with E-state index in [1.807, 2.05) is 0 Å². The molecular weight excluding hydrogens is 299 g/mol. The van der Waals surface area contributed by atoms with E-state index in [4.69, 9.17) is 14.0 Å². The Morgan fingerprint density at radius 3 is 1.26 bits per heavy atom. The van der Waals surface area contributed by atoms with E-state index in [1.54, 1.807) is 51.5 Å². The molecule has 0 aliphatic carbocycles. The number of hydrogen-bond acceptors (Lipinski definition) is 6. The van der Waals surface area contributed by atoms with E-state index in [0.29, 0.717) is 19.8 Å². The van der Waals surface area contributed by atoms with Crippen molar-refractivity contribution >= 4 is 42.6 Å². The number of thioether (sulfide) groups is 3. The largest absolute Gasteiger partial charge is 0.639 e. The Morgan fingerprint density at radius 2 is 1.00 bits per heavy atom. The van der Waals surface area contributed by atoms with Crippen molar-refractivity contribution in [1.29, 1.82) is 0 Å². The Kier molecular flexibility index (Phi) is 16.5. The van der Waals surface area contributed by atoms with E-state index in [-0.39, 0.29) is 0 Å². The Hall–Kier alpha value is 0.215. The normalized spacial score (nSPS) is 10.1. The molecule has 0 heterocycles. The summed E-state index contributed by atoms with van der Waals surface area (Å²) in [7, 11) is -0.596. The van der Waals surface area contributed by atoms with Crippen molar-refractivity contribution in [3.8, 4) is 0 Å². The lowest BCUT2D eigenvalue weighted by Gasteiger charge is -2.13. The molecule has 0 saturated carbocycles. The summed E-state index contributed by atoms with van der Waals surface area (Å²) in [4.78, 5) is 0. The molecule has 0 spiro atoms. The minimum absolute atomic E-state index is 0.574. The molecule has 19 heavy (non-hydrogen) atoms. The van der Waals surface area contributed by atoms with Gasteiger partial charge in [-0.1, -0.05) is 19.7 Å².